The molecule has 0 saturated heterocycles. The van der Waals surface area contributed by atoms with Crippen LogP contribution in [0.25, 0.3) is 0 Å². The van der Waals surface area contributed by atoms with Gasteiger partial charge in [-0.15, -0.1) is 0 Å². The lowest BCUT2D eigenvalue weighted by Gasteiger charge is -2.17. The highest BCUT2D eigenvalue weighted by Gasteiger charge is 2.11. The fourth-order valence-corrected chi connectivity index (χ4v) is 2.59. The summed E-state index contributed by atoms with van der Waals surface area (Å²) in [4.78, 5) is 4.33. The van der Waals surface area contributed by atoms with E-state index in [1.54, 1.807) is 6.20 Å². The van der Waals surface area contributed by atoms with Gasteiger partial charge in [0.2, 0.25) is 0 Å². The maximum Gasteiger partial charge on any atom is 0.0628 e. The lowest BCUT2D eigenvalue weighted by Crippen LogP contribution is -2.05. The molecule has 1 aromatic heterocycles. The molecule has 0 bridgehead atoms. The quantitative estimate of drug-likeness (QED) is 0.803. The Balaban J connectivity index is 2.08. The zero-order valence-electron chi connectivity index (χ0n) is 11.9. The second-order valence-corrected chi connectivity index (χ2v) is 5.28. The zero-order valence-corrected chi connectivity index (χ0v) is 11.9. The summed E-state index contributed by atoms with van der Waals surface area (Å²) in [5, 5.41) is 11.3. The Morgan fingerprint density at radius 1 is 1.37 bits per heavy atom. The first-order valence-electron chi connectivity index (χ1n) is 7.12. The molecule has 102 valence electrons. The van der Waals surface area contributed by atoms with E-state index in [4.69, 9.17) is 5.41 Å². The van der Waals surface area contributed by atoms with Crippen LogP contribution in [0.1, 0.15) is 43.4 Å². The molecule has 0 spiro atoms. The number of anilines is 1. The second-order valence-electron chi connectivity index (χ2n) is 5.28. The van der Waals surface area contributed by atoms with E-state index < -0.39 is 0 Å². The SMILES string of the molecule is CNc1cnc(C)c(C(=N)/C=C\C2CCCCC2)c1. The normalized spacial score (nSPS) is 16.7. The first kappa shape index (κ1) is 13.8. The number of allylic oxidation sites excluding steroid dienone is 2. The molecule has 2 N–H and O–H groups in total. The van der Waals surface area contributed by atoms with Crippen LogP contribution in [0.4, 0.5) is 5.69 Å². The molecule has 0 radical (unpaired) electrons. The molecule has 1 heterocycles. The number of nitrogens with zero attached hydrogens (tertiary/aromatic N) is 1. The summed E-state index contributed by atoms with van der Waals surface area (Å²) in [7, 11) is 1.87. The highest BCUT2D eigenvalue weighted by Crippen LogP contribution is 2.24. The van der Waals surface area contributed by atoms with Crippen molar-refractivity contribution < 1.29 is 0 Å². The summed E-state index contributed by atoms with van der Waals surface area (Å²) in [6.45, 7) is 1.96. The Bertz CT molecular complexity index is 471. The van der Waals surface area contributed by atoms with E-state index in [0.717, 1.165) is 16.9 Å². The summed E-state index contributed by atoms with van der Waals surface area (Å²) < 4.78 is 0. The van der Waals surface area contributed by atoms with E-state index >= 15 is 0 Å². The first-order chi connectivity index (χ1) is 9.20. The smallest absolute Gasteiger partial charge is 0.0628 e. The van der Waals surface area contributed by atoms with Crippen molar-refractivity contribution >= 4 is 11.4 Å². The molecule has 19 heavy (non-hydrogen) atoms. The van der Waals surface area contributed by atoms with E-state index in [0.29, 0.717) is 11.6 Å². The number of aromatic nitrogens is 1. The maximum atomic E-state index is 8.21. The highest BCUT2D eigenvalue weighted by molar-refractivity contribution is 6.07. The summed E-state index contributed by atoms with van der Waals surface area (Å²) in [6.07, 6.45) is 12.6. The van der Waals surface area contributed by atoms with Gasteiger partial charge in [0.1, 0.15) is 0 Å². The third-order valence-electron chi connectivity index (χ3n) is 3.85. The van der Waals surface area contributed by atoms with Crippen LogP contribution in [0, 0.1) is 18.3 Å². The van der Waals surface area contributed by atoms with Crippen molar-refractivity contribution in [2.75, 3.05) is 12.4 Å². The minimum atomic E-state index is 0.563. The molecule has 1 aromatic rings. The van der Waals surface area contributed by atoms with E-state index in [1.807, 2.05) is 26.1 Å². The van der Waals surface area contributed by atoms with Gasteiger partial charge in [-0.3, -0.25) is 4.98 Å². The van der Waals surface area contributed by atoms with Gasteiger partial charge in [-0.1, -0.05) is 25.3 Å². The van der Waals surface area contributed by atoms with Crippen molar-refractivity contribution in [1.29, 1.82) is 5.41 Å². The summed E-state index contributed by atoms with van der Waals surface area (Å²) in [6, 6.07) is 2.00. The minimum absolute atomic E-state index is 0.563. The molecule has 0 amide bonds. The Morgan fingerprint density at radius 3 is 2.79 bits per heavy atom. The van der Waals surface area contributed by atoms with E-state index in [9.17, 15) is 0 Å². The van der Waals surface area contributed by atoms with E-state index in [-0.39, 0.29) is 0 Å². The van der Waals surface area contributed by atoms with Crippen molar-refractivity contribution in [3.8, 4) is 0 Å². The van der Waals surface area contributed by atoms with Crippen LogP contribution in [0.15, 0.2) is 24.4 Å². The average Bonchev–Trinajstić information content (AvgIpc) is 2.46. The molecule has 0 aromatic carbocycles. The van der Waals surface area contributed by atoms with Gasteiger partial charge in [0, 0.05) is 18.3 Å². The topological polar surface area (TPSA) is 48.8 Å². The summed E-state index contributed by atoms with van der Waals surface area (Å²) >= 11 is 0. The molecule has 3 nitrogen and oxygen atoms in total. The standard InChI is InChI=1S/C16H23N3/c1-12-15(10-14(18-2)11-19-12)16(17)9-8-13-6-4-3-5-7-13/h8-11,13,17-18H,3-7H2,1-2H3/b9-8-,17-16?. The molecule has 0 unspecified atom stereocenters. The number of aryl methyl sites for hydroxylation is 1. The molecule has 1 aliphatic carbocycles. The lowest BCUT2D eigenvalue weighted by molar-refractivity contribution is 0.419. The van der Waals surface area contributed by atoms with Gasteiger partial charge < -0.3 is 10.7 Å². The number of pyridine rings is 1. The van der Waals surface area contributed by atoms with Gasteiger partial charge in [-0.25, -0.2) is 0 Å². The number of nitrogens with one attached hydrogen (secondary N) is 2. The Hall–Kier alpha value is -1.64. The van der Waals surface area contributed by atoms with Crippen LogP contribution >= 0.6 is 0 Å². The molecule has 0 atom stereocenters. The van der Waals surface area contributed by atoms with Crippen molar-refractivity contribution in [1.82, 2.24) is 4.98 Å². The molecule has 0 aliphatic heterocycles. The summed E-state index contributed by atoms with van der Waals surface area (Å²) in [5.74, 6) is 0.662. The molecule has 1 aliphatic rings. The van der Waals surface area contributed by atoms with Crippen LogP contribution in [0.2, 0.25) is 0 Å². The molecule has 2 rings (SSSR count). The second kappa shape index (κ2) is 6.50. The van der Waals surface area contributed by atoms with Crippen molar-refractivity contribution in [3.63, 3.8) is 0 Å². The molecule has 3 heteroatoms. The van der Waals surface area contributed by atoms with E-state index in [2.05, 4.69) is 16.4 Å². The maximum absolute atomic E-state index is 8.21. The summed E-state index contributed by atoms with van der Waals surface area (Å²) in [5.41, 5.74) is 3.35. The van der Waals surface area contributed by atoms with Crippen LogP contribution in [0.3, 0.4) is 0 Å². The average molecular weight is 257 g/mol. The largest absolute Gasteiger partial charge is 0.387 e. The Kier molecular flexibility index (Phi) is 4.72. The molecule has 1 fully saturated rings. The van der Waals surface area contributed by atoms with Gasteiger partial charge in [0.05, 0.1) is 17.6 Å². The number of hydrogen-bond donors (Lipinski definition) is 2. The third kappa shape index (κ3) is 3.66. The van der Waals surface area contributed by atoms with Gasteiger partial charge in [0.25, 0.3) is 0 Å². The zero-order chi connectivity index (χ0) is 13.7. The molecular formula is C16H23N3. The fraction of sp³-hybridized carbons (Fsp3) is 0.500. The minimum Gasteiger partial charge on any atom is -0.387 e. The number of rotatable bonds is 4. The lowest BCUT2D eigenvalue weighted by atomic mass is 9.88. The van der Waals surface area contributed by atoms with Gasteiger partial charge in [0.15, 0.2) is 0 Å². The number of hydrogen-bond acceptors (Lipinski definition) is 3. The monoisotopic (exact) mass is 257 g/mol. The third-order valence-corrected chi connectivity index (χ3v) is 3.85. The van der Waals surface area contributed by atoms with Crippen LogP contribution in [-0.2, 0) is 0 Å². The van der Waals surface area contributed by atoms with Crippen molar-refractivity contribution in [3.05, 3.63) is 35.7 Å². The van der Waals surface area contributed by atoms with Crippen LogP contribution in [-0.4, -0.2) is 17.7 Å². The van der Waals surface area contributed by atoms with Crippen molar-refractivity contribution in [2.45, 2.75) is 39.0 Å². The Morgan fingerprint density at radius 2 is 2.11 bits per heavy atom. The van der Waals surface area contributed by atoms with Crippen molar-refractivity contribution in [2.24, 2.45) is 5.92 Å². The van der Waals surface area contributed by atoms with E-state index in [1.165, 1.54) is 32.1 Å². The molecular weight excluding hydrogens is 234 g/mol. The van der Waals surface area contributed by atoms with Gasteiger partial charge >= 0.3 is 0 Å². The van der Waals surface area contributed by atoms with Gasteiger partial charge in [-0.05, 0) is 37.8 Å². The predicted octanol–water partition coefficient (Wildman–Crippen LogP) is 3.94. The van der Waals surface area contributed by atoms with Crippen LogP contribution in [0.5, 0.6) is 0 Å². The predicted molar refractivity (Wildman–Crippen MR) is 81.1 cm³/mol. The Labute approximate surface area is 115 Å². The van der Waals surface area contributed by atoms with Crippen LogP contribution < -0.4 is 5.32 Å². The fourth-order valence-electron chi connectivity index (χ4n) is 2.59. The first-order valence-corrected chi connectivity index (χ1v) is 7.12. The highest BCUT2D eigenvalue weighted by atomic mass is 14.8. The molecule has 1 saturated carbocycles. The van der Waals surface area contributed by atoms with Gasteiger partial charge in [-0.2, -0.15) is 0 Å².